The highest BCUT2D eigenvalue weighted by atomic mass is 15.0. The summed E-state index contributed by atoms with van der Waals surface area (Å²) in [6, 6.07) is 52.0. The molecule has 10 rings (SSSR count). The normalized spacial score (nSPS) is 12.7. The van der Waals surface area contributed by atoms with Crippen molar-refractivity contribution < 1.29 is 0 Å². The van der Waals surface area contributed by atoms with Gasteiger partial charge in [0.1, 0.15) is 0 Å². The first-order chi connectivity index (χ1) is 32.3. The Kier molecular flexibility index (Phi) is 11.0. The number of benzene rings is 7. The molecule has 0 bridgehead atoms. The fourth-order valence-electron chi connectivity index (χ4n) is 10.1. The standard InChI is InChI=1S/C63H56N4/c1-11-12-46-18-17-39(4)55(33-46)47-20-27-57-56(34-47)54-26-19-48(35-58(54)63(57,52-22-13-37(2)14-23-52)53-24-15-38(3)16-25-53)59-28-21-49(36-64-59)60-65-61(50-29-40(5)44(9)41(6)30-50)67-62(66-60)51-31-42(7)45(10)43(8)32-51/h11-36H,1-10H3/b12-11+. The highest BCUT2D eigenvalue weighted by Gasteiger charge is 2.46. The molecule has 0 unspecified atom stereocenters. The molecule has 0 saturated carbocycles. The number of rotatable bonds is 8. The predicted molar refractivity (Wildman–Crippen MR) is 279 cm³/mol. The van der Waals surface area contributed by atoms with Crippen LogP contribution in [0, 0.1) is 62.3 Å². The first-order valence-electron chi connectivity index (χ1n) is 23.4. The molecule has 4 heteroatoms. The minimum Gasteiger partial charge on any atom is -0.255 e. The molecule has 0 spiro atoms. The number of hydrogen-bond acceptors (Lipinski definition) is 4. The fourth-order valence-corrected chi connectivity index (χ4v) is 10.1. The summed E-state index contributed by atoms with van der Waals surface area (Å²) < 4.78 is 0. The van der Waals surface area contributed by atoms with E-state index in [-0.39, 0.29) is 0 Å². The van der Waals surface area contributed by atoms with E-state index in [0.717, 1.165) is 27.9 Å². The number of aromatic nitrogens is 4. The van der Waals surface area contributed by atoms with Crippen LogP contribution in [-0.4, -0.2) is 19.9 Å². The van der Waals surface area contributed by atoms with E-state index in [4.69, 9.17) is 19.9 Å². The lowest BCUT2D eigenvalue weighted by Crippen LogP contribution is -2.28. The van der Waals surface area contributed by atoms with Gasteiger partial charge in [-0.25, -0.2) is 15.0 Å². The van der Waals surface area contributed by atoms with E-state index in [9.17, 15) is 0 Å². The molecule has 7 aromatic carbocycles. The van der Waals surface area contributed by atoms with E-state index in [1.165, 1.54) is 100 Å². The van der Waals surface area contributed by atoms with Crippen molar-refractivity contribution in [1.29, 1.82) is 0 Å². The highest BCUT2D eigenvalue weighted by molar-refractivity contribution is 5.91. The van der Waals surface area contributed by atoms with Crippen molar-refractivity contribution in [2.75, 3.05) is 0 Å². The first-order valence-corrected chi connectivity index (χ1v) is 23.4. The molecule has 1 aliphatic carbocycles. The van der Waals surface area contributed by atoms with E-state index in [1.807, 2.05) is 6.20 Å². The van der Waals surface area contributed by atoms with Gasteiger partial charge in [0.15, 0.2) is 17.5 Å². The van der Waals surface area contributed by atoms with Crippen molar-refractivity contribution in [3.63, 3.8) is 0 Å². The SMILES string of the molecule is C/C=C/c1ccc(C)c(-c2ccc3c(c2)-c2ccc(-c4ccc(-c5nc(-c6cc(C)c(C)c(C)c6)nc(-c6cc(C)c(C)c(C)c6)n5)cn4)cc2C3(c2ccc(C)cc2)c2ccc(C)cc2)c1. The maximum absolute atomic E-state index is 5.18. The molecular weight excluding hydrogens is 813 g/mol. The van der Waals surface area contributed by atoms with Crippen LogP contribution >= 0.6 is 0 Å². The third-order valence-corrected chi connectivity index (χ3v) is 14.4. The molecule has 0 atom stereocenters. The summed E-state index contributed by atoms with van der Waals surface area (Å²) in [7, 11) is 0. The lowest BCUT2D eigenvalue weighted by molar-refractivity contribution is 0.768. The number of fused-ring (bicyclic) bond motifs is 3. The van der Waals surface area contributed by atoms with Crippen molar-refractivity contribution in [3.05, 3.63) is 230 Å². The minimum atomic E-state index is -0.570. The third kappa shape index (κ3) is 7.61. The van der Waals surface area contributed by atoms with Crippen LogP contribution in [-0.2, 0) is 5.41 Å². The van der Waals surface area contributed by atoms with Gasteiger partial charge in [-0.15, -0.1) is 0 Å². The molecule has 0 radical (unpaired) electrons. The summed E-state index contributed by atoms with van der Waals surface area (Å²) in [5.74, 6) is 1.89. The van der Waals surface area contributed by atoms with Crippen LogP contribution in [0.15, 0.2) is 152 Å². The number of aryl methyl sites for hydroxylation is 7. The van der Waals surface area contributed by atoms with Gasteiger partial charge in [-0.2, -0.15) is 0 Å². The summed E-state index contributed by atoms with van der Waals surface area (Å²) in [5, 5.41) is 0. The van der Waals surface area contributed by atoms with E-state index in [0.29, 0.717) is 17.5 Å². The average molecular weight is 869 g/mol. The monoisotopic (exact) mass is 868 g/mol. The van der Waals surface area contributed by atoms with Gasteiger partial charge in [0, 0.05) is 28.5 Å². The fraction of sp³-hybridized carbons (Fsp3) is 0.175. The number of nitrogens with zero attached hydrogens (tertiary/aromatic N) is 4. The number of pyridine rings is 1. The Morgan fingerprint density at radius 3 is 1.43 bits per heavy atom. The van der Waals surface area contributed by atoms with Gasteiger partial charge in [-0.3, -0.25) is 4.98 Å². The molecule has 0 aliphatic heterocycles. The van der Waals surface area contributed by atoms with Crippen LogP contribution in [0.5, 0.6) is 0 Å². The number of hydrogen-bond donors (Lipinski definition) is 0. The lowest BCUT2D eigenvalue weighted by atomic mass is 9.67. The minimum absolute atomic E-state index is 0.570. The Balaban J connectivity index is 1.13. The van der Waals surface area contributed by atoms with Gasteiger partial charge in [-0.1, -0.05) is 108 Å². The zero-order valence-electron chi connectivity index (χ0n) is 40.3. The summed E-state index contributed by atoms with van der Waals surface area (Å²) >= 11 is 0. The van der Waals surface area contributed by atoms with Crippen molar-refractivity contribution in [2.24, 2.45) is 0 Å². The molecule has 9 aromatic rings. The second kappa shape index (κ2) is 17.0. The van der Waals surface area contributed by atoms with Crippen LogP contribution in [0.2, 0.25) is 0 Å². The van der Waals surface area contributed by atoms with Crippen molar-refractivity contribution in [1.82, 2.24) is 19.9 Å². The lowest BCUT2D eigenvalue weighted by Gasteiger charge is -2.34. The Morgan fingerprint density at radius 1 is 0.388 bits per heavy atom. The van der Waals surface area contributed by atoms with E-state index >= 15 is 0 Å². The second-order valence-electron chi connectivity index (χ2n) is 18.8. The van der Waals surface area contributed by atoms with Gasteiger partial charge in [0.2, 0.25) is 0 Å². The summed E-state index contributed by atoms with van der Waals surface area (Å²) in [6.07, 6.45) is 6.19. The molecular formula is C63H56N4. The van der Waals surface area contributed by atoms with Gasteiger partial charge < -0.3 is 0 Å². The van der Waals surface area contributed by atoms with E-state index < -0.39 is 5.41 Å². The van der Waals surface area contributed by atoms with Crippen molar-refractivity contribution in [2.45, 2.75) is 74.7 Å². The zero-order chi connectivity index (χ0) is 46.7. The van der Waals surface area contributed by atoms with Gasteiger partial charge in [0.05, 0.1) is 11.1 Å². The van der Waals surface area contributed by atoms with Crippen LogP contribution in [0.25, 0.3) is 73.8 Å². The topological polar surface area (TPSA) is 51.6 Å². The Labute approximate surface area is 396 Å². The molecule has 328 valence electrons. The van der Waals surface area contributed by atoms with Crippen molar-refractivity contribution in [3.8, 4) is 67.7 Å². The second-order valence-corrected chi connectivity index (χ2v) is 18.8. The molecule has 4 nitrogen and oxygen atoms in total. The Bertz CT molecular complexity index is 3260. The van der Waals surface area contributed by atoms with E-state index in [2.05, 4.69) is 221 Å². The molecule has 2 heterocycles. The molecule has 0 fully saturated rings. The van der Waals surface area contributed by atoms with Crippen LogP contribution < -0.4 is 0 Å². The average Bonchev–Trinajstić information content (AvgIpc) is 3.62. The molecule has 0 N–H and O–H groups in total. The summed E-state index contributed by atoms with van der Waals surface area (Å²) in [5.41, 5.74) is 26.4. The van der Waals surface area contributed by atoms with E-state index in [1.54, 1.807) is 0 Å². The zero-order valence-corrected chi connectivity index (χ0v) is 40.3. The van der Waals surface area contributed by atoms with Crippen LogP contribution in [0.1, 0.15) is 84.8 Å². The molecule has 0 amide bonds. The largest absolute Gasteiger partial charge is 0.255 e. The Hall–Kier alpha value is -7.56. The third-order valence-electron chi connectivity index (χ3n) is 14.4. The molecule has 2 aromatic heterocycles. The highest BCUT2D eigenvalue weighted by Crippen LogP contribution is 2.57. The summed E-state index contributed by atoms with van der Waals surface area (Å²) in [6.45, 7) is 21.5. The molecule has 1 aliphatic rings. The first kappa shape index (κ1) is 43.3. The maximum Gasteiger partial charge on any atom is 0.165 e. The van der Waals surface area contributed by atoms with Gasteiger partial charge >= 0.3 is 0 Å². The quantitative estimate of drug-likeness (QED) is 0.153. The van der Waals surface area contributed by atoms with Gasteiger partial charge in [-0.05, 0) is 213 Å². The smallest absolute Gasteiger partial charge is 0.165 e. The molecule has 0 saturated heterocycles. The summed E-state index contributed by atoms with van der Waals surface area (Å²) in [4.78, 5) is 20.5. The van der Waals surface area contributed by atoms with Crippen LogP contribution in [0.4, 0.5) is 0 Å². The van der Waals surface area contributed by atoms with Crippen molar-refractivity contribution >= 4 is 6.08 Å². The maximum atomic E-state index is 5.18. The van der Waals surface area contributed by atoms with Gasteiger partial charge in [0.25, 0.3) is 0 Å². The predicted octanol–water partition coefficient (Wildman–Crippen LogP) is 15.8. The number of allylic oxidation sites excluding steroid dienone is 1. The van der Waals surface area contributed by atoms with Crippen LogP contribution in [0.3, 0.4) is 0 Å². The Morgan fingerprint density at radius 2 is 0.910 bits per heavy atom. The molecule has 67 heavy (non-hydrogen) atoms.